The molecule has 2 rings (SSSR count). The molecule has 0 spiro atoms. The van der Waals surface area contributed by atoms with Gasteiger partial charge in [0.1, 0.15) is 6.04 Å². The largest absolute Gasteiger partial charge is 0.480 e. The number of rotatable bonds is 5. The molecule has 1 fully saturated rings. The summed E-state index contributed by atoms with van der Waals surface area (Å²) in [4.78, 5) is 22.9. The van der Waals surface area contributed by atoms with Gasteiger partial charge in [0, 0.05) is 10.0 Å². The second kappa shape index (κ2) is 5.80. The lowest BCUT2D eigenvalue weighted by molar-refractivity contribution is -0.142. The maximum Gasteiger partial charge on any atom is 0.326 e. The van der Waals surface area contributed by atoms with Crippen molar-refractivity contribution in [2.24, 2.45) is 5.92 Å². The molecular formula is C13H13Cl2NO3. The first-order valence-electron chi connectivity index (χ1n) is 5.94. The predicted molar refractivity (Wildman–Crippen MR) is 72.5 cm³/mol. The van der Waals surface area contributed by atoms with Crippen LogP contribution in [-0.2, 0) is 16.0 Å². The Labute approximate surface area is 120 Å². The van der Waals surface area contributed by atoms with E-state index in [1.54, 1.807) is 18.2 Å². The van der Waals surface area contributed by atoms with E-state index in [-0.39, 0.29) is 18.2 Å². The van der Waals surface area contributed by atoms with Gasteiger partial charge in [-0.15, -0.1) is 0 Å². The first kappa shape index (κ1) is 14.2. The molecular weight excluding hydrogens is 289 g/mol. The lowest BCUT2D eigenvalue weighted by Crippen LogP contribution is -2.43. The molecule has 0 saturated heterocycles. The highest BCUT2D eigenvalue weighted by Gasteiger charge is 2.37. The van der Waals surface area contributed by atoms with Gasteiger partial charge in [-0.3, -0.25) is 4.79 Å². The third-order valence-corrected chi connectivity index (χ3v) is 3.78. The smallest absolute Gasteiger partial charge is 0.326 e. The Bertz CT molecular complexity index is 494. The summed E-state index contributed by atoms with van der Waals surface area (Å²) in [6, 6.07) is 4.17. The number of aliphatic carboxylic acids is 1. The number of amides is 1. The van der Waals surface area contributed by atoms with E-state index < -0.39 is 12.0 Å². The van der Waals surface area contributed by atoms with Crippen LogP contribution in [0.1, 0.15) is 18.4 Å². The Morgan fingerprint density at radius 3 is 2.37 bits per heavy atom. The number of carbonyl (C=O) groups excluding carboxylic acids is 1. The van der Waals surface area contributed by atoms with Crippen LogP contribution in [-0.4, -0.2) is 23.0 Å². The molecule has 1 aliphatic rings. The van der Waals surface area contributed by atoms with Gasteiger partial charge < -0.3 is 10.4 Å². The maximum atomic E-state index is 11.9. The molecule has 1 aromatic carbocycles. The predicted octanol–water partition coefficient (Wildman–Crippen LogP) is 2.52. The van der Waals surface area contributed by atoms with E-state index in [4.69, 9.17) is 28.3 Å². The number of benzene rings is 1. The van der Waals surface area contributed by atoms with Gasteiger partial charge in [0.2, 0.25) is 5.91 Å². The van der Waals surface area contributed by atoms with E-state index in [1.807, 2.05) is 0 Å². The van der Waals surface area contributed by atoms with Gasteiger partial charge in [0.25, 0.3) is 0 Å². The number of carboxylic acid groups (broad SMARTS) is 1. The fraction of sp³-hybridized carbons (Fsp3) is 0.385. The lowest BCUT2D eigenvalue weighted by atomic mass is 10.1. The first-order valence-corrected chi connectivity index (χ1v) is 6.69. The molecule has 4 nitrogen and oxygen atoms in total. The Kier molecular flexibility index (Phi) is 4.32. The highest BCUT2D eigenvalue weighted by Crippen LogP contribution is 2.33. The van der Waals surface area contributed by atoms with Crippen LogP contribution in [0.25, 0.3) is 0 Å². The number of halogens is 2. The SMILES string of the molecule is O=C(Cc1c(Cl)cccc1Cl)NC(C(=O)O)C1CC1. The molecule has 0 radical (unpaired) electrons. The van der Waals surface area contributed by atoms with Gasteiger partial charge in [-0.05, 0) is 36.5 Å². The van der Waals surface area contributed by atoms with E-state index in [1.165, 1.54) is 0 Å². The molecule has 0 heterocycles. The molecule has 1 saturated carbocycles. The van der Waals surface area contributed by atoms with Crippen molar-refractivity contribution in [2.75, 3.05) is 0 Å². The zero-order chi connectivity index (χ0) is 14.0. The number of carboxylic acids is 1. The van der Waals surface area contributed by atoms with Gasteiger partial charge in [0.15, 0.2) is 0 Å². The zero-order valence-corrected chi connectivity index (χ0v) is 11.5. The quantitative estimate of drug-likeness (QED) is 0.878. The summed E-state index contributed by atoms with van der Waals surface area (Å²) in [7, 11) is 0. The number of hydrogen-bond acceptors (Lipinski definition) is 2. The molecule has 1 amide bonds. The Balaban J connectivity index is 2.02. The zero-order valence-electron chi connectivity index (χ0n) is 10.0. The molecule has 6 heteroatoms. The minimum absolute atomic E-state index is 0.0188. The van der Waals surface area contributed by atoms with Crippen molar-refractivity contribution in [3.8, 4) is 0 Å². The van der Waals surface area contributed by atoms with Gasteiger partial charge in [-0.2, -0.15) is 0 Å². The van der Waals surface area contributed by atoms with E-state index in [9.17, 15) is 9.59 Å². The van der Waals surface area contributed by atoms with Crippen molar-refractivity contribution in [1.29, 1.82) is 0 Å². The molecule has 0 aliphatic heterocycles. The van der Waals surface area contributed by atoms with Gasteiger partial charge >= 0.3 is 5.97 Å². The van der Waals surface area contributed by atoms with Gasteiger partial charge in [0.05, 0.1) is 6.42 Å². The molecule has 102 valence electrons. The minimum Gasteiger partial charge on any atom is -0.480 e. The number of nitrogens with one attached hydrogen (secondary N) is 1. The van der Waals surface area contributed by atoms with E-state index >= 15 is 0 Å². The van der Waals surface area contributed by atoms with Crippen molar-refractivity contribution in [2.45, 2.75) is 25.3 Å². The molecule has 1 atom stereocenters. The van der Waals surface area contributed by atoms with Crippen LogP contribution in [0.2, 0.25) is 10.0 Å². The Morgan fingerprint density at radius 2 is 1.89 bits per heavy atom. The van der Waals surface area contributed by atoms with Crippen LogP contribution in [0.15, 0.2) is 18.2 Å². The molecule has 19 heavy (non-hydrogen) atoms. The van der Waals surface area contributed by atoms with Crippen LogP contribution in [0.5, 0.6) is 0 Å². The fourth-order valence-electron chi connectivity index (χ4n) is 1.90. The molecule has 0 aromatic heterocycles. The molecule has 1 aliphatic carbocycles. The Hall–Kier alpha value is -1.26. The molecule has 2 N–H and O–H groups in total. The highest BCUT2D eigenvalue weighted by molar-refractivity contribution is 6.36. The second-order valence-electron chi connectivity index (χ2n) is 4.60. The van der Waals surface area contributed by atoms with Crippen LogP contribution in [0.3, 0.4) is 0 Å². The van der Waals surface area contributed by atoms with Crippen LogP contribution < -0.4 is 5.32 Å². The first-order chi connectivity index (χ1) is 8.99. The summed E-state index contributed by atoms with van der Waals surface area (Å²) >= 11 is 11.9. The van der Waals surface area contributed by atoms with Crippen LogP contribution >= 0.6 is 23.2 Å². The summed E-state index contributed by atoms with van der Waals surface area (Å²) in [5, 5.41) is 12.4. The third kappa shape index (κ3) is 3.61. The van der Waals surface area contributed by atoms with E-state index in [2.05, 4.69) is 5.32 Å². The summed E-state index contributed by atoms with van der Waals surface area (Å²) in [6.45, 7) is 0. The molecule has 0 bridgehead atoms. The van der Waals surface area contributed by atoms with Gasteiger partial charge in [-0.25, -0.2) is 4.79 Å². The topological polar surface area (TPSA) is 66.4 Å². The fourth-order valence-corrected chi connectivity index (χ4v) is 2.43. The molecule has 1 aromatic rings. The summed E-state index contributed by atoms with van der Waals surface area (Å²) < 4.78 is 0. The third-order valence-electron chi connectivity index (χ3n) is 3.07. The maximum absolute atomic E-state index is 11.9. The summed E-state index contributed by atoms with van der Waals surface area (Å²) in [6.07, 6.45) is 1.66. The van der Waals surface area contributed by atoms with Crippen molar-refractivity contribution in [3.63, 3.8) is 0 Å². The van der Waals surface area contributed by atoms with Crippen LogP contribution in [0.4, 0.5) is 0 Å². The van der Waals surface area contributed by atoms with Crippen molar-refractivity contribution >= 4 is 35.1 Å². The average molecular weight is 302 g/mol. The van der Waals surface area contributed by atoms with Crippen LogP contribution in [0, 0.1) is 5.92 Å². The van der Waals surface area contributed by atoms with Crippen molar-refractivity contribution in [3.05, 3.63) is 33.8 Å². The molecule has 1 unspecified atom stereocenters. The minimum atomic E-state index is -0.999. The van der Waals surface area contributed by atoms with Crippen molar-refractivity contribution < 1.29 is 14.7 Å². The number of hydrogen-bond donors (Lipinski definition) is 2. The van der Waals surface area contributed by atoms with Crippen molar-refractivity contribution in [1.82, 2.24) is 5.32 Å². The second-order valence-corrected chi connectivity index (χ2v) is 5.41. The lowest BCUT2D eigenvalue weighted by Gasteiger charge is -2.14. The summed E-state index contributed by atoms with van der Waals surface area (Å²) in [5.41, 5.74) is 0.517. The summed E-state index contributed by atoms with van der Waals surface area (Å²) in [5.74, 6) is -1.33. The highest BCUT2D eigenvalue weighted by atomic mass is 35.5. The monoisotopic (exact) mass is 301 g/mol. The van der Waals surface area contributed by atoms with E-state index in [0.29, 0.717) is 15.6 Å². The number of carbonyl (C=O) groups is 2. The van der Waals surface area contributed by atoms with E-state index in [0.717, 1.165) is 12.8 Å². The average Bonchev–Trinajstić information content (AvgIpc) is 3.15. The normalized spacial score (nSPS) is 15.9. The van der Waals surface area contributed by atoms with Gasteiger partial charge in [-0.1, -0.05) is 29.3 Å². The standard InChI is InChI=1S/C13H13Cl2NO3/c14-9-2-1-3-10(15)8(9)6-11(17)16-12(13(18)19)7-4-5-7/h1-3,7,12H,4-6H2,(H,16,17)(H,18,19). The Morgan fingerprint density at radius 1 is 1.32 bits per heavy atom.